The summed E-state index contributed by atoms with van der Waals surface area (Å²) in [6.07, 6.45) is 4.11. The summed E-state index contributed by atoms with van der Waals surface area (Å²) in [5.41, 5.74) is 16.6. The summed E-state index contributed by atoms with van der Waals surface area (Å²) < 4.78 is 19.8. The maximum atomic E-state index is 12.6. The van der Waals surface area contributed by atoms with Crippen molar-refractivity contribution in [3.05, 3.63) is 0 Å². The zero-order valence-corrected chi connectivity index (χ0v) is 19.6. The summed E-state index contributed by atoms with van der Waals surface area (Å²) in [5, 5.41) is 3.46. The van der Waals surface area contributed by atoms with E-state index in [1.807, 2.05) is 0 Å². The molecule has 0 aliphatic carbocycles. The number of rotatable bonds is 18. The number of amides is 2. The van der Waals surface area contributed by atoms with Crippen molar-refractivity contribution < 1.29 is 20.5 Å². The van der Waals surface area contributed by atoms with Gasteiger partial charge in [0.1, 0.15) is 0 Å². The monoisotopic (exact) mass is 445 g/mol. The second kappa shape index (κ2) is 17.7. The molecule has 8 N–H and O–H groups in total. The fourth-order valence-corrected chi connectivity index (χ4v) is 2.56. The SMILES string of the molecule is [2H]N(CC(=O)N[C@@H](CCCN=C(N)N)C(OCCCC)OCCCC)C(=O)[C@H](N)C(C)C. The number of guanidine groups is 1. The molecule has 0 aliphatic rings. The molecule has 2 amide bonds. The molecule has 10 heteroatoms. The van der Waals surface area contributed by atoms with Crippen molar-refractivity contribution in [1.82, 2.24) is 10.6 Å². The summed E-state index contributed by atoms with van der Waals surface area (Å²) in [5.74, 6) is -1.22. The van der Waals surface area contributed by atoms with Crippen LogP contribution in [0.1, 0.15) is 66.2 Å². The van der Waals surface area contributed by atoms with Crippen LogP contribution in [-0.2, 0) is 19.1 Å². The van der Waals surface area contributed by atoms with Crippen molar-refractivity contribution in [2.45, 2.75) is 84.6 Å². The van der Waals surface area contributed by atoms with E-state index in [2.05, 4.69) is 24.2 Å². The van der Waals surface area contributed by atoms with Crippen LogP contribution in [0.15, 0.2) is 4.99 Å². The Bertz CT molecular complexity index is 550. The highest BCUT2D eigenvalue weighted by atomic mass is 16.7. The molecule has 0 rings (SSSR count). The lowest BCUT2D eigenvalue weighted by Gasteiger charge is -2.28. The lowest BCUT2D eigenvalue weighted by atomic mass is 10.1. The Morgan fingerprint density at radius 1 is 1.06 bits per heavy atom. The van der Waals surface area contributed by atoms with Gasteiger partial charge in [-0.25, -0.2) is 0 Å². The fourth-order valence-electron chi connectivity index (χ4n) is 2.56. The summed E-state index contributed by atoms with van der Waals surface area (Å²) >= 11 is 0. The van der Waals surface area contributed by atoms with Crippen molar-refractivity contribution >= 4 is 17.8 Å². The van der Waals surface area contributed by atoms with Gasteiger partial charge >= 0.3 is 0 Å². The van der Waals surface area contributed by atoms with Crippen LogP contribution >= 0.6 is 0 Å². The van der Waals surface area contributed by atoms with E-state index in [9.17, 15) is 9.59 Å². The van der Waals surface area contributed by atoms with E-state index in [1.54, 1.807) is 13.8 Å². The zero-order chi connectivity index (χ0) is 24.5. The average Bonchev–Trinajstić information content (AvgIpc) is 2.73. The van der Waals surface area contributed by atoms with Crippen LogP contribution in [0.3, 0.4) is 0 Å². The van der Waals surface area contributed by atoms with E-state index >= 15 is 0 Å². The molecule has 0 aromatic carbocycles. The van der Waals surface area contributed by atoms with E-state index in [4.69, 9.17) is 28.1 Å². The predicted molar refractivity (Wildman–Crippen MR) is 123 cm³/mol. The van der Waals surface area contributed by atoms with Gasteiger partial charge in [-0.3, -0.25) is 14.6 Å². The highest BCUT2D eigenvalue weighted by Crippen LogP contribution is 2.11. The van der Waals surface area contributed by atoms with Crippen LogP contribution in [0.4, 0.5) is 0 Å². The van der Waals surface area contributed by atoms with E-state index in [0.717, 1.165) is 25.7 Å². The quantitative estimate of drug-likeness (QED) is 0.0890. The summed E-state index contributed by atoms with van der Waals surface area (Å²) in [4.78, 5) is 28.8. The lowest BCUT2D eigenvalue weighted by Crippen LogP contribution is -2.51. The van der Waals surface area contributed by atoms with Crippen LogP contribution in [0.2, 0.25) is 1.41 Å². The smallest absolute Gasteiger partial charge is 0.239 e. The van der Waals surface area contributed by atoms with Gasteiger partial charge < -0.3 is 37.3 Å². The molecule has 182 valence electrons. The molecular weight excluding hydrogens is 400 g/mol. The summed E-state index contributed by atoms with van der Waals surface area (Å²) in [6.45, 7) is 8.67. The molecule has 0 aliphatic heterocycles. The molecule has 0 radical (unpaired) electrons. The van der Waals surface area contributed by atoms with Gasteiger partial charge in [0.25, 0.3) is 0 Å². The minimum Gasteiger partial charge on any atom is -0.370 e. The van der Waals surface area contributed by atoms with Crippen LogP contribution in [0.25, 0.3) is 0 Å². The Balaban J connectivity index is 5.20. The lowest BCUT2D eigenvalue weighted by molar-refractivity contribution is -0.165. The Kier molecular flexibility index (Phi) is 15.5. The molecule has 0 aromatic heterocycles. The minimum absolute atomic E-state index is 0.00498. The number of ether oxygens (including phenoxy) is 2. The first kappa shape index (κ1) is 27.1. The molecule has 0 saturated heterocycles. The van der Waals surface area contributed by atoms with Crippen LogP contribution in [0.5, 0.6) is 0 Å². The fraction of sp³-hybridized carbons (Fsp3) is 0.857. The molecule has 2 atom stereocenters. The van der Waals surface area contributed by atoms with Gasteiger partial charge in [-0.1, -0.05) is 40.5 Å². The number of nitrogens with one attached hydrogen (secondary N) is 2. The van der Waals surface area contributed by atoms with Gasteiger partial charge in [0.05, 0.1) is 18.6 Å². The number of hydrogen-bond acceptors (Lipinski definition) is 6. The van der Waals surface area contributed by atoms with Crippen molar-refractivity contribution in [3.8, 4) is 0 Å². The van der Waals surface area contributed by atoms with Crippen molar-refractivity contribution in [2.24, 2.45) is 28.1 Å². The van der Waals surface area contributed by atoms with Crippen LogP contribution in [0, 0.1) is 5.92 Å². The van der Waals surface area contributed by atoms with Crippen LogP contribution < -0.4 is 27.8 Å². The Hall–Kier alpha value is -1.91. The zero-order valence-electron chi connectivity index (χ0n) is 20.6. The number of aliphatic imine (C=N–C) groups is 1. The number of carbonyl (C=O) groups is 2. The number of carbonyl (C=O) groups excluding carboxylic acids is 2. The Labute approximate surface area is 188 Å². The molecule has 0 saturated carbocycles. The van der Waals surface area contributed by atoms with Gasteiger partial charge in [0.15, 0.2) is 13.7 Å². The third-order valence-corrected chi connectivity index (χ3v) is 4.58. The van der Waals surface area contributed by atoms with E-state index in [1.165, 1.54) is 0 Å². The third kappa shape index (κ3) is 14.7. The van der Waals surface area contributed by atoms with E-state index < -0.39 is 36.7 Å². The first-order valence-electron chi connectivity index (χ1n) is 11.7. The van der Waals surface area contributed by atoms with Gasteiger partial charge in [-0.15, -0.1) is 0 Å². The summed E-state index contributed by atoms with van der Waals surface area (Å²) in [7, 11) is 0. The molecular formula is C21H44N6O4. The maximum Gasteiger partial charge on any atom is 0.239 e. The molecule has 0 spiro atoms. The minimum atomic E-state index is -0.835. The van der Waals surface area contributed by atoms with Gasteiger partial charge in [0.2, 0.25) is 11.8 Å². The Morgan fingerprint density at radius 2 is 1.65 bits per heavy atom. The van der Waals surface area contributed by atoms with Crippen molar-refractivity contribution in [1.29, 1.82) is 0 Å². The normalized spacial score (nSPS) is 13.6. The molecule has 0 bridgehead atoms. The predicted octanol–water partition coefficient (Wildman–Crippen LogP) is 0.584. The highest BCUT2D eigenvalue weighted by molar-refractivity contribution is 5.87. The maximum absolute atomic E-state index is 12.6. The number of nitrogens with two attached hydrogens (primary N) is 3. The number of nitrogens with zero attached hydrogens (tertiary/aromatic N) is 1. The molecule has 0 heterocycles. The van der Waals surface area contributed by atoms with Gasteiger partial charge in [-0.05, 0) is 31.6 Å². The molecule has 0 fully saturated rings. The Morgan fingerprint density at radius 3 is 2.13 bits per heavy atom. The second-order valence-corrected chi connectivity index (χ2v) is 7.86. The highest BCUT2D eigenvalue weighted by Gasteiger charge is 2.25. The van der Waals surface area contributed by atoms with Crippen molar-refractivity contribution in [3.63, 3.8) is 0 Å². The standard InChI is InChI=1S/C21H44N6O4/c1-5-7-12-30-20(31-13-8-6-2)16(10-9-11-25-21(23)24)27-17(28)14-26-19(29)18(22)15(3)4/h15-16,18,20H,5-14,22H2,1-4H3,(H,26,29)(H,27,28)(H4,23,24,25)/t16-,18+/m0/s1/i/hD. The average molecular weight is 446 g/mol. The molecule has 10 nitrogen and oxygen atoms in total. The van der Waals surface area contributed by atoms with E-state index in [0.29, 0.717) is 37.9 Å². The molecule has 31 heavy (non-hydrogen) atoms. The largest absolute Gasteiger partial charge is 0.370 e. The summed E-state index contributed by atoms with van der Waals surface area (Å²) in [6, 6.07) is -1.31. The van der Waals surface area contributed by atoms with Gasteiger partial charge in [-0.2, -0.15) is 0 Å². The van der Waals surface area contributed by atoms with Crippen LogP contribution in [-0.4, -0.2) is 62.5 Å². The molecule has 0 aromatic rings. The second-order valence-electron chi connectivity index (χ2n) is 7.86. The number of hydrogen-bond donors (Lipinski definition) is 5. The van der Waals surface area contributed by atoms with E-state index in [-0.39, 0.29) is 11.9 Å². The molecule has 0 unspecified atom stereocenters. The third-order valence-electron chi connectivity index (χ3n) is 4.58. The first-order chi connectivity index (χ1) is 15.1. The topological polar surface area (TPSA) is 167 Å². The van der Waals surface area contributed by atoms with Gasteiger partial charge in [0, 0.05) is 19.8 Å². The first-order valence-corrected chi connectivity index (χ1v) is 11.3. The number of unbranched alkanes of at least 4 members (excludes halogenated alkanes) is 2. The van der Waals surface area contributed by atoms with Crippen molar-refractivity contribution in [2.75, 3.05) is 26.3 Å².